The monoisotopic (exact) mass is 196 g/mol. The fourth-order valence-electron chi connectivity index (χ4n) is 2.48. The maximum Gasteiger partial charge on any atom is 0.223 e. The molecule has 2 rings (SSSR count). The van der Waals surface area contributed by atoms with Gasteiger partial charge in [0.15, 0.2) is 0 Å². The maximum atomic E-state index is 11.9. The minimum atomic E-state index is 0.184. The summed E-state index contributed by atoms with van der Waals surface area (Å²) in [6, 6.07) is 0.474. The van der Waals surface area contributed by atoms with E-state index in [4.69, 9.17) is 5.73 Å². The third-order valence-electron chi connectivity index (χ3n) is 3.74. The van der Waals surface area contributed by atoms with Crippen LogP contribution >= 0.6 is 0 Å². The van der Waals surface area contributed by atoms with Crippen LogP contribution in [0.15, 0.2) is 0 Å². The van der Waals surface area contributed by atoms with E-state index in [0.717, 1.165) is 12.8 Å². The van der Waals surface area contributed by atoms with E-state index in [-0.39, 0.29) is 29.3 Å². The second-order valence-corrected chi connectivity index (χ2v) is 5.45. The second-order valence-electron chi connectivity index (χ2n) is 5.45. The van der Waals surface area contributed by atoms with E-state index in [1.54, 1.807) is 0 Å². The summed E-state index contributed by atoms with van der Waals surface area (Å²) in [5.41, 5.74) is 5.85. The fraction of sp³-hybridized carbons (Fsp3) is 0.909. The Balaban J connectivity index is 1.91. The van der Waals surface area contributed by atoms with Crippen LogP contribution < -0.4 is 11.1 Å². The molecule has 80 valence electrons. The van der Waals surface area contributed by atoms with Gasteiger partial charge in [-0.05, 0) is 24.7 Å². The van der Waals surface area contributed by atoms with Gasteiger partial charge in [0.2, 0.25) is 5.91 Å². The standard InChI is InChI=1S/C11H20N2O/c1-11(2)5-3-4-7(11)10(14)13-9-6-8(9)12/h7-9H,3-6,12H2,1-2H3,(H,13,14). The Morgan fingerprint density at radius 3 is 2.57 bits per heavy atom. The minimum Gasteiger partial charge on any atom is -0.351 e. The molecule has 3 atom stereocenters. The zero-order valence-electron chi connectivity index (χ0n) is 9.05. The van der Waals surface area contributed by atoms with Crippen LogP contribution in [0.3, 0.4) is 0 Å². The number of nitrogens with one attached hydrogen (secondary N) is 1. The molecule has 0 aliphatic heterocycles. The van der Waals surface area contributed by atoms with Gasteiger partial charge in [0.1, 0.15) is 0 Å². The molecule has 14 heavy (non-hydrogen) atoms. The second kappa shape index (κ2) is 3.23. The SMILES string of the molecule is CC1(C)CCCC1C(=O)NC1CC1N. The zero-order valence-corrected chi connectivity index (χ0v) is 9.05. The van der Waals surface area contributed by atoms with Gasteiger partial charge in [-0.1, -0.05) is 20.3 Å². The van der Waals surface area contributed by atoms with Gasteiger partial charge in [-0.3, -0.25) is 4.79 Å². The summed E-state index contributed by atoms with van der Waals surface area (Å²) in [6.07, 6.45) is 4.35. The number of amides is 1. The van der Waals surface area contributed by atoms with Crippen LogP contribution in [0.5, 0.6) is 0 Å². The van der Waals surface area contributed by atoms with Crippen LogP contribution in [0, 0.1) is 11.3 Å². The summed E-state index contributed by atoms with van der Waals surface area (Å²) >= 11 is 0. The summed E-state index contributed by atoms with van der Waals surface area (Å²) in [5, 5.41) is 3.04. The van der Waals surface area contributed by atoms with Crippen molar-refractivity contribution in [2.75, 3.05) is 0 Å². The van der Waals surface area contributed by atoms with E-state index in [2.05, 4.69) is 19.2 Å². The molecule has 0 heterocycles. The molecular weight excluding hydrogens is 176 g/mol. The average Bonchev–Trinajstić information content (AvgIpc) is 2.60. The number of carbonyl (C=O) groups excluding carboxylic acids is 1. The van der Waals surface area contributed by atoms with E-state index in [9.17, 15) is 4.79 Å². The number of rotatable bonds is 2. The molecule has 0 saturated heterocycles. The van der Waals surface area contributed by atoms with Crippen molar-refractivity contribution in [3.8, 4) is 0 Å². The molecule has 0 spiro atoms. The molecule has 0 aromatic rings. The molecule has 2 aliphatic rings. The first-order chi connectivity index (χ1) is 6.50. The molecule has 3 nitrogen and oxygen atoms in total. The van der Waals surface area contributed by atoms with Crippen LogP contribution in [0.4, 0.5) is 0 Å². The highest BCUT2D eigenvalue weighted by molar-refractivity contribution is 5.80. The highest BCUT2D eigenvalue weighted by atomic mass is 16.2. The Bertz CT molecular complexity index is 250. The smallest absolute Gasteiger partial charge is 0.223 e. The Labute approximate surface area is 85.4 Å². The molecular formula is C11H20N2O. The van der Waals surface area contributed by atoms with Gasteiger partial charge in [-0.15, -0.1) is 0 Å². The van der Waals surface area contributed by atoms with Gasteiger partial charge in [0, 0.05) is 18.0 Å². The minimum absolute atomic E-state index is 0.184. The molecule has 3 heteroatoms. The molecule has 0 aromatic carbocycles. The first-order valence-electron chi connectivity index (χ1n) is 5.57. The molecule has 0 radical (unpaired) electrons. The number of carbonyl (C=O) groups is 1. The van der Waals surface area contributed by atoms with Gasteiger partial charge in [0.25, 0.3) is 0 Å². The van der Waals surface area contributed by atoms with Gasteiger partial charge in [-0.25, -0.2) is 0 Å². The third-order valence-corrected chi connectivity index (χ3v) is 3.74. The average molecular weight is 196 g/mol. The molecule has 2 saturated carbocycles. The Hall–Kier alpha value is -0.570. The van der Waals surface area contributed by atoms with Gasteiger partial charge in [-0.2, -0.15) is 0 Å². The van der Waals surface area contributed by atoms with Crippen molar-refractivity contribution in [3.05, 3.63) is 0 Å². The molecule has 3 N–H and O–H groups in total. The predicted molar refractivity (Wildman–Crippen MR) is 55.6 cm³/mol. The Morgan fingerprint density at radius 1 is 1.50 bits per heavy atom. The predicted octanol–water partition coefficient (Wildman–Crippen LogP) is 1.03. The van der Waals surface area contributed by atoms with E-state index >= 15 is 0 Å². The van der Waals surface area contributed by atoms with Crippen molar-refractivity contribution >= 4 is 5.91 Å². The van der Waals surface area contributed by atoms with Crippen molar-refractivity contribution in [1.29, 1.82) is 0 Å². The Kier molecular flexibility index (Phi) is 2.30. The highest BCUT2D eigenvalue weighted by Gasteiger charge is 2.42. The Morgan fingerprint density at radius 2 is 2.14 bits per heavy atom. The fourth-order valence-corrected chi connectivity index (χ4v) is 2.48. The summed E-state index contributed by atoms with van der Waals surface area (Å²) in [4.78, 5) is 11.9. The van der Waals surface area contributed by atoms with Crippen LogP contribution in [0.1, 0.15) is 39.5 Å². The quantitative estimate of drug-likeness (QED) is 0.693. The van der Waals surface area contributed by atoms with Crippen molar-refractivity contribution in [1.82, 2.24) is 5.32 Å². The van der Waals surface area contributed by atoms with Gasteiger partial charge < -0.3 is 11.1 Å². The first kappa shape index (κ1) is 9.97. The van der Waals surface area contributed by atoms with E-state index in [1.807, 2.05) is 0 Å². The lowest BCUT2D eigenvalue weighted by molar-refractivity contribution is -0.127. The third kappa shape index (κ3) is 1.78. The number of hydrogen-bond donors (Lipinski definition) is 2. The lowest BCUT2D eigenvalue weighted by Crippen LogP contribution is -2.39. The molecule has 1 amide bonds. The van der Waals surface area contributed by atoms with Crippen molar-refractivity contribution in [2.45, 2.75) is 51.6 Å². The van der Waals surface area contributed by atoms with Crippen molar-refractivity contribution in [3.63, 3.8) is 0 Å². The number of hydrogen-bond acceptors (Lipinski definition) is 2. The number of nitrogens with two attached hydrogens (primary N) is 1. The van der Waals surface area contributed by atoms with E-state index in [1.165, 1.54) is 12.8 Å². The van der Waals surface area contributed by atoms with E-state index < -0.39 is 0 Å². The molecule has 0 bridgehead atoms. The lowest BCUT2D eigenvalue weighted by atomic mass is 9.81. The molecule has 2 aliphatic carbocycles. The van der Waals surface area contributed by atoms with E-state index in [0.29, 0.717) is 0 Å². The summed E-state index contributed by atoms with van der Waals surface area (Å²) in [6.45, 7) is 4.38. The topological polar surface area (TPSA) is 55.1 Å². The zero-order chi connectivity index (χ0) is 10.3. The first-order valence-corrected chi connectivity index (χ1v) is 5.57. The summed E-state index contributed by atoms with van der Waals surface area (Å²) in [7, 11) is 0. The van der Waals surface area contributed by atoms with Crippen LogP contribution in [0.25, 0.3) is 0 Å². The normalized spacial score (nSPS) is 39.5. The van der Waals surface area contributed by atoms with Crippen molar-refractivity contribution in [2.24, 2.45) is 17.1 Å². The van der Waals surface area contributed by atoms with Crippen LogP contribution in [-0.2, 0) is 4.79 Å². The molecule has 0 aromatic heterocycles. The molecule has 3 unspecified atom stereocenters. The van der Waals surface area contributed by atoms with Gasteiger partial charge in [0.05, 0.1) is 0 Å². The molecule has 2 fully saturated rings. The van der Waals surface area contributed by atoms with Crippen LogP contribution in [0.2, 0.25) is 0 Å². The highest BCUT2D eigenvalue weighted by Crippen LogP contribution is 2.42. The summed E-state index contributed by atoms with van der Waals surface area (Å²) < 4.78 is 0. The lowest BCUT2D eigenvalue weighted by Gasteiger charge is -2.25. The van der Waals surface area contributed by atoms with Crippen LogP contribution in [-0.4, -0.2) is 18.0 Å². The largest absolute Gasteiger partial charge is 0.351 e. The maximum absolute atomic E-state index is 11.9. The van der Waals surface area contributed by atoms with Gasteiger partial charge >= 0.3 is 0 Å². The summed E-state index contributed by atoms with van der Waals surface area (Å²) in [5.74, 6) is 0.431. The van der Waals surface area contributed by atoms with Crippen molar-refractivity contribution < 1.29 is 4.79 Å².